The van der Waals surface area contributed by atoms with E-state index in [0.717, 1.165) is 11.1 Å². The molecular formula is C21H17ClFN3O2S. The number of rotatable bonds is 4. The van der Waals surface area contributed by atoms with Gasteiger partial charge in [0.25, 0.3) is 10.0 Å². The molecule has 0 unspecified atom stereocenters. The van der Waals surface area contributed by atoms with Crippen molar-refractivity contribution in [3.63, 3.8) is 0 Å². The number of halogens is 2. The predicted octanol–water partition coefficient (Wildman–Crippen LogP) is 4.33. The van der Waals surface area contributed by atoms with E-state index in [9.17, 15) is 12.8 Å². The van der Waals surface area contributed by atoms with Gasteiger partial charge in [0.2, 0.25) is 5.96 Å². The second-order valence-electron chi connectivity index (χ2n) is 6.55. The van der Waals surface area contributed by atoms with Crippen LogP contribution in [0.25, 0.3) is 0 Å². The van der Waals surface area contributed by atoms with Crippen molar-refractivity contribution < 1.29 is 12.8 Å². The van der Waals surface area contributed by atoms with Gasteiger partial charge >= 0.3 is 0 Å². The Labute approximate surface area is 173 Å². The number of benzene rings is 3. The van der Waals surface area contributed by atoms with Gasteiger partial charge in [-0.1, -0.05) is 60.1 Å². The monoisotopic (exact) mass is 429 g/mol. The van der Waals surface area contributed by atoms with Gasteiger partial charge in [-0.3, -0.25) is 0 Å². The molecule has 0 spiro atoms. The third-order valence-corrected chi connectivity index (χ3v) is 6.33. The van der Waals surface area contributed by atoms with Crippen LogP contribution >= 0.6 is 11.6 Å². The molecule has 1 heterocycles. The highest BCUT2D eigenvalue weighted by Crippen LogP contribution is 2.31. The van der Waals surface area contributed by atoms with Gasteiger partial charge in [0.05, 0.1) is 12.2 Å². The molecule has 3 aromatic carbocycles. The van der Waals surface area contributed by atoms with Crippen LogP contribution in [0.4, 0.5) is 10.1 Å². The molecule has 8 heteroatoms. The minimum atomic E-state index is -3.80. The number of sulfonamides is 1. The van der Waals surface area contributed by atoms with E-state index in [4.69, 9.17) is 11.6 Å². The number of para-hydroxylation sites is 1. The van der Waals surface area contributed by atoms with E-state index in [1.54, 1.807) is 30.3 Å². The topological polar surface area (TPSA) is 70.6 Å². The molecule has 29 heavy (non-hydrogen) atoms. The molecule has 2 N–H and O–H groups in total. The second kappa shape index (κ2) is 7.85. The predicted molar refractivity (Wildman–Crippen MR) is 112 cm³/mol. The van der Waals surface area contributed by atoms with Gasteiger partial charge in [-0.05, 0) is 29.3 Å². The van der Waals surface area contributed by atoms with Crippen molar-refractivity contribution in [2.75, 3.05) is 5.32 Å². The van der Waals surface area contributed by atoms with E-state index in [0.29, 0.717) is 22.7 Å². The minimum absolute atomic E-state index is 0.000456. The summed E-state index contributed by atoms with van der Waals surface area (Å²) in [6.07, 6.45) is 0.450. The molecule has 3 aromatic rings. The highest BCUT2D eigenvalue weighted by atomic mass is 35.5. The summed E-state index contributed by atoms with van der Waals surface area (Å²) in [5.41, 5.74) is 2.46. The molecule has 0 saturated carbocycles. The SMILES string of the molecule is O=S1(=O)NC(=NCc2ccccc2F)Nc2c(Cc3ccccc3Cl)cccc21. The van der Waals surface area contributed by atoms with Crippen LogP contribution in [-0.2, 0) is 23.0 Å². The lowest BCUT2D eigenvalue weighted by molar-refractivity contribution is 0.591. The quantitative estimate of drug-likeness (QED) is 0.648. The van der Waals surface area contributed by atoms with Crippen LogP contribution in [0.5, 0.6) is 0 Å². The van der Waals surface area contributed by atoms with Crippen LogP contribution in [0.15, 0.2) is 76.6 Å². The van der Waals surface area contributed by atoms with E-state index in [1.165, 1.54) is 12.1 Å². The maximum atomic E-state index is 13.8. The maximum absolute atomic E-state index is 13.8. The van der Waals surface area contributed by atoms with Gasteiger partial charge in [-0.25, -0.2) is 22.5 Å². The zero-order chi connectivity index (χ0) is 20.4. The van der Waals surface area contributed by atoms with Gasteiger partial charge in [-0.15, -0.1) is 0 Å². The summed E-state index contributed by atoms with van der Waals surface area (Å²) in [4.78, 5) is 4.36. The van der Waals surface area contributed by atoms with Crippen molar-refractivity contribution >= 4 is 33.3 Å². The largest absolute Gasteiger partial charge is 0.324 e. The third kappa shape index (κ3) is 4.11. The number of aliphatic imine (C=N–C) groups is 1. The zero-order valence-corrected chi connectivity index (χ0v) is 16.8. The molecule has 0 bridgehead atoms. The molecule has 4 rings (SSSR count). The van der Waals surface area contributed by atoms with Crippen molar-refractivity contribution in [3.05, 3.63) is 94.3 Å². The molecule has 5 nitrogen and oxygen atoms in total. The molecule has 0 saturated heterocycles. The Morgan fingerprint density at radius 1 is 0.897 bits per heavy atom. The van der Waals surface area contributed by atoms with Crippen LogP contribution < -0.4 is 10.0 Å². The zero-order valence-electron chi connectivity index (χ0n) is 15.2. The fourth-order valence-corrected chi connectivity index (χ4v) is 4.52. The average Bonchev–Trinajstić information content (AvgIpc) is 2.69. The van der Waals surface area contributed by atoms with E-state index >= 15 is 0 Å². The van der Waals surface area contributed by atoms with Gasteiger partial charge in [0.1, 0.15) is 10.7 Å². The molecule has 0 amide bonds. The number of fused-ring (bicyclic) bond motifs is 1. The lowest BCUT2D eigenvalue weighted by Crippen LogP contribution is -2.41. The number of anilines is 1. The minimum Gasteiger partial charge on any atom is -0.324 e. The van der Waals surface area contributed by atoms with E-state index in [-0.39, 0.29) is 17.4 Å². The van der Waals surface area contributed by atoms with Crippen molar-refractivity contribution in [1.29, 1.82) is 0 Å². The van der Waals surface area contributed by atoms with Crippen LogP contribution in [0.1, 0.15) is 16.7 Å². The number of hydrogen-bond donors (Lipinski definition) is 2. The summed E-state index contributed by atoms with van der Waals surface area (Å²) in [5.74, 6) is -0.345. The fraction of sp³-hybridized carbons (Fsp3) is 0.0952. The van der Waals surface area contributed by atoms with Crippen LogP contribution in [-0.4, -0.2) is 14.4 Å². The van der Waals surface area contributed by atoms with Gasteiger partial charge in [0.15, 0.2) is 0 Å². The number of hydrogen-bond acceptors (Lipinski definition) is 3. The van der Waals surface area contributed by atoms with Crippen molar-refractivity contribution in [2.24, 2.45) is 4.99 Å². The number of nitrogens with zero attached hydrogens (tertiary/aromatic N) is 1. The average molecular weight is 430 g/mol. The van der Waals surface area contributed by atoms with Gasteiger partial charge in [0, 0.05) is 17.0 Å². The lowest BCUT2D eigenvalue weighted by Gasteiger charge is -2.24. The van der Waals surface area contributed by atoms with Crippen LogP contribution in [0, 0.1) is 5.82 Å². The maximum Gasteiger partial charge on any atom is 0.266 e. The summed E-state index contributed by atoms with van der Waals surface area (Å²) in [6, 6.07) is 18.7. The molecule has 0 fully saturated rings. The Bertz CT molecular complexity index is 1210. The third-order valence-electron chi connectivity index (χ3n) is 4.58. The Morgan fingerprint density at radius 2 is 1.59 bits per heavy atom. The lowest BCUT2D eigenvalue weighted by atomic mass is 10.0. The highest BCUT2D eigenvalue weighted by Gasteiger charge is 2.28. The smallest absolute Gasteiger partial charge is 0.266 e. The molecular weight excluding hydrogens is 413 g/mol. The molecule has 1 aliphatic heterocycles. The first-order valence-electron chi connectivity index (χ1n) is 8.87. The van der Waals surface area contributed by atoms with Crippen molar-refractivity contribution in [1.82, 2.24) is 4.72 Å². The standard InChI is InChI=1S/C21H17ClFN3O2S/c22-17-9-3-1-6-14(17)12-15-8-5-11-19-20(15)25-21(26-29(19,27)28)24-13-16-7-2-4-10-18(16)23/h1-11H,12-13H2,(H2,24,25,26). The first kappa shape index (κ1) is 19.4. The molecule has 0 radical (unpaired) electrons. The summed E-state index contributed by atoms with van der Waals surface area (Å²) >= 11 is 6.26. The second-order valence-corrected chi connectivity index (χ2v) is 8.60. The molecule has 0 atom stereocenters. The van der Waals surface area contributed by atoms with E-state index in [2.05, 4.69) is 15.0 Å². The van der Waals surface area contributed by atoms with Gasteiger partial charge in [-0.2, -0.15) is 0 Å². The van der Waals surface area contributed by atoms with E-state index in [1.807, 2.05) is 24.3 Å². The first-order chi connectivity index (χ1) is 13.9. The van der Waals surface area contributed by atoms with E-state index < -0.39 is 15.8 Å². The first-order valence-corrected chi connectivity index (χ1v) is 10.7. The fourth-order valence-electron chi connectivity index (χ4n) is 3.13. The normalized spacial score (nSPS) is 16.0. The number of guanidine groups is 1. The van der Waals surface area contributed by atoms with Gasteiger partial charge < -0.3 is 5.32 Å². The highest BCUT2D eigenvalue weighted by molar-refractivity contribution is 7.90. The molecule has 0 aliphatic carbocycles. The number of nitrogens with one attached hydrogen (secondary N) is 2. The Kier molecular flexibility index (Phi) is 5.25. The molecule has 0 aromatic heterocycles. The summed E-state index contributed by atoms with van der Waals surface area (Å²) in [5, 5.41) is 3.65. The Morgan fingerprint density at radius 3 is 2.34 bits per heavy atom. The van der Waals surface area contributed by atoms with Crippen LogP contribution in [0.2, 0.25) is 5.02 Å². The molecule has 148 valence electrons. The van der Waals surface area contributed by atoms with Crippen molar-refractivity contribution in [2.45, 2.75) is 17.9 Å². The summed E-state index contributed by atoms with van der Waals surface area (Å²) in [7, 11) is -3.80. The molecule has 1 aliphatic rings. The van der Waals surface area contributed by atoms with Crippen molar-refractivity contribution in [3.8, 4) is 0 Å². The summed E-state index contributed by atoms with van der Waals surface area (Å²) in [6.45, 7) is -0.000456. The summed E-state index contributed by atoms with van der Waals surface area (Å²) < 4.78 is 41.6. The Hall–Kier alpha value is -2.90. The Balaban J connectivity index is 1.69. The van der Waals surface area contributed by atoms with Crippen LogP contribution in [0.3, 0.4) is 0 Å².